The van der Waals surface area contributed by atoms with Gasteiger partial charge in [0.05, 0.1) is 23.9 Å². The van der Waals surface area contributed by atoms with Gasteiger partial charge in [-0.1, -0.05) is 24.1 Å². The van der Waals surface area contributed by atoms with E-state index < -0.39 is 11.7 Å². The van der Waals surface area contributed by atoms with Crippen LogP contribution in [-0.2, 0) is 20.9 Å². The van der Waals surface area contributed by atoms with Gasteiger partial charge in [-0.05, 0) is 49.6 Å². The topological polar surface area (TPSA) is 71.8 Å². The van der Waals surface area contributed by atoms with Crippen LogP contribution in [0.2, 0.25) is 5.02 Å². The highest BCUT2D eigenvalue weighted by molar-refractivity contribution is 6.32. The SMILES string of the molecule is O=C(CN1C(=O)/C(=C/c2c(F)cccc2Cl)OC2CCCCC21)NCc1ccco1. The van der Waals surface area contributed by atoms with Crippen molar-refractivity contribution in [2.24, 2.45) is 0 Å². The van der Waals surface area contributed by atoms with Crippen molar-refractivity contribution < 1.29 is 23.1 Å². The minimum atomic E-state index is -0.542. The van der Waals surface area contributed by atoms with Gasteiger partial charge in [-0.15, -0.1) is 0 Å². The van der Waals surface area contributed by atoms with E-state index in [1.54, 1.807) is 18.2 Å². The second-order valence-electron chi connectivity index (χ2n) is 7.44. The molecule has 1 aliphatic carbocycles. The van der Waals surface area contributed by atoms with Gasteiger partial charge in [0.2, 0.25) is 5.91 Å². The van der Waals surface area contributed by atoms with E-state index in [1.165, 1.54) is 29.4 Å². The standard InChI is InChI=1S/C22H22ClFN2O4/c23-16-6-3-7-17(24)15(16)11-20-22(28)26(18-8-1-2-9-19(18)30-20)13-21(27)25-12-14-5-4-10-29-14/h3-7,10-11,18-19H,1-2,8-9,12-13H2,(H,25,27)/b20-11-. The van der Waals surface area contributed by atoms with Crippen molar-refractivity contribution >= 4 is 29.5 Å². The number of halogens is 2. The minimum Gasteiger partial charge on any atom is -0.482 e. The molecule has 2 atom stereocenters. The van der Waals surface area contributed by atoms with Crippen LogP contribution in [0.4, 0.5) is 4.39 Å². The maximum absolute atomic E-state index is 14.2. The van der Waals surface area contributed by atoms with E-state index in [4.69, 9.17) is 20.8 Å². The smallest absolute Gasteiger partial charge is 0.289 e. The summed E-state index contributed by atoms with van der Waals surface area (Å²) in [6.07, 6.45) is 6.09. The summed E-state index contributed by atoms with van der Waals surface area (Å²) in [6.45, 7) is 0.137. The van der Waals surface area contributed by atoms with Crippen LogP contribution in [0, 0.1) is 5.82 Å². The van der Waals surface area contributed by atoms with Crippen molar-refractivity contribution in [1.82, 2.24) is 10.2 Å². The van der Waals surface area contributed by atoms with Gasteiger partial charge in [0, 0.05) is 5.56 Å². The monoisotopic (exact) mass is 432 g/mol. The lowest BCUT2D eigenvalue weighted by Crippen LogP contribution is -2.57. The van der Waals surface area contributed by atoms with Crippen LogP contribution in [0.25, 0.3) is 6.08 Å². The Balaban J connectivity index is 1.55. The first-order chi connectivity index (χ1) is 14.5. The fraction of sp³-hybridized carbons (Fsp3) is 0.364. The average molecular weight is 433 g/mol. The summed E-state index contributed by atoms with van der Waals surface area (Å²) in [7, 11) is 0. The largest absolute Gasteiger partial charge is 0.482 e. The Morgan fingerprint density at radius 1 is 1.27 bits per heavy atom. The minimum absolute atomic E-state index is 0.00369. The molecule has 1 N–H and O–H groups in total. The molecule has 2 fully saturated rings. The fourth-order valence-corrected chi connectivity index (χ4v) is 4.17. The average Bonchev–Trinajstić information content (AvgIpc) is 3.26. The summed E-state index contributed by atoms with van der Waals surface area (Å²) in [6, 6.07) is 7.63. The van der Waals surface area contributed by atoms with Crippen LogP contribution >= 0.6 is 11.6 Å². The quantitative estimate of drug-likeness (QED) is 0.727. The molecule has 2 aliphatic rings. The number of fused-ring (bicyclic) bond motifs is 1. The van der Waals surface area contributed by atoms with Gasteiger partial charge in [-0.3, -0.25) is 9.59 Å². The first-order valence-electron chi connectivity index (χ1n) is 9.95. The molecular formula is C22H22ClFN2O4. The number of benzene rings is 1. The Kier molecular flexibility index (Phi) is 6.08. The van der Waals surface area contributed by atoms with Gasteiger partial charge in [0.25, 0.3) is 5.91 Å². The first-order valence-corrected chi connectivity index (χ1v) is 10.3. The molecule has 0 spiro atoms. The lowest BCUT2D eigenvalue weighted by molar-refractivity contribution is -0.151. The number of amides is 2. The number of ether oxygens (including phenoxy) is 1. The number of hydrogen-bond acceptors (Lipinski definition) is 4. The Labute approximate surface area is 178 Å². The van der Waals surface area contributed by atoms with Crippen molar-refractivity contribution in [1.29, 1.82) is 0 Å². The number of nitrogens with zero attached hydrogens (tertiary/aromatic N) is 1. The second kappa shape index (κ2) is 8.92. The summed E-state index contributed by atoms with van der Waals surface area (Å²) in [5.41, 5.74) is 0.0963. The molecule has 0 bridgehead atoms. The third-order valence-corrected chi connectivity index (χ3v) is 5.78. The van der Waals surface area contributed by atoms with Crippen LogP contribution in [0.1, 0.15) is 37.0 Å². The number of carbonyl (C=O) groups excluding carboxylic acids is 2. The van der Waals surface area contributed by atoms with Gasteiger partial charge in [-0.2, -0.15) is 0 Å². The molecular weight excluding hydrogens is 411 g/mol. The van der Waals surface area contributed by atoms with Gasteiger partial charge in [0.15, 0.2) is 5.76 Å². The zero-order chi connectivity index (χ0) is 21.1. The number of nitrogens with one attached hydrogen (secondary N) is 1. The molecule has 2 aromatic rings. The van der Waals surface area contributed by atoms with Crippen LogP contribution < -0.4 is 5.32 Å². The summed E-state index contributed by atoms with van der Waals surface area (Å²) < 4.78 is 25.4. The zero-order valence-corrected chi connectivity index (χ0v) is 17.0. The Morgan fingerprint density at radius 2 is 2.10 bits per heavy atom. The molecule has 2 heterocycles. The fourth-order valence-electron chi connectivity index (χ4n) is 3.95. The molecule has 0 radical (unpaired) electrons. The highest BCUT2D eigenvalue weighted by Gasteiger charge is 2.42. The van der Waals surface area contributed by atoms with Gasteiger partial charge < -0.3 is 19.4 Å². The van der Waals surface area contributed by atoms with Crippen LogP contribution in [0.5, 0.6) is 0 Å². The van der Waals surface area contributed by atoms with E-state index >= 15 is 0 Å². The van der Waals surface area contributed by atoms with Crippen molar-refractivity contribution in [2.75, 3.05) is 6.54 Å². The summed E-state index contributed by atoms with van der Waals surface area (Å²) >= 11 is 6.11. The molecule has 1 saturated heterocycles. The molecule has 4 rings (SSSR count). The van der Waals surface area contributed by atoms with Crippen LogP contribution in [0.15, 0.2) is 46.8 Å². The zero-order valence-electron chi connectivity index (χ0n) is 16.3. The number of furan rings is 1. The Hall–Kier alpha value is -2.80. The van der Waals surface area contributed by atoms with Crippen molar-refractivity contribution in [3.63, 3.8) is 0 Å². The van der Waals surface area contributed by atoms with E-state index in [2.05, 4.69) is 5.32 Å². The van der Waals surface area contributed by atoms with Crippen molar-refractivity contribution in [3.8, 4) is 0 Å². The van der Waals surface area contributed by atoms with E-state index in [9.17, 15) is 14.0 Å². The summed E-state index contributed by atoms with van der Waals surface area (Å²) in [5.74, 6) is -0.647. The second-order valence-corrected chi connectivity index (χ2v) is 7.85. The number of hydrogen-bond donors (Lipinski definition) is 1. The molecule has 2 unspecified atom stereocenters. The highest BCUT2D eigenvalue weighted by Crippen LogP contribution is 2.34. The van der Waals surface area contributed by atoms with E-state index in [0.717, 1.165) is 25.7 Å². The number of rotatable bonds is 5. The molecule has 1 saturated carbocycles. The molecule has 30 heavy (non-hydrogen) atoms. The first kappa shape index (κ1) is 20.5. The Bertz CT molecular complexity index is 940. The van der Waals surface area contributed by atoms with Gasteiger partial charge in [0.1, 0.15) is 24.2 Å². The van der Waals surface area contributed by atoms with E-state index in [0.29, 0.717) is 5.76 Å². The molecule has 1 aromatic carbocycles. The third-order valence-electron chi connectivity index (χ3n) is 5.45. The summed E-state index contributed by atoms with van der Waals surface area (Å²) in [5, 5.41) is 2.95. The predicted octanol–water partition coefficient (Wildman–Crippen LogP) is 3.90. The van der Waals surface area contributed by atoms with Crippen molar-refractivity contribution in [3.05, 3.63) is 64.5 Å². The van der Waals surface area contributed by atoms with Crippen molar-refractivity contribution in [2.45, 2.75) is 44.4 Å². The number of carbonyl (C=O) groups is 2. The van der Waals surface area contributed by atoms with E-state index in [1.807, 2.05) is 0 Å². The van der Waals surface area contributed by atoms with Crippen LogP contribution in [-0.4, -0.2) is 35.4 Å². The van der Waals surface area contributed by atoms with Gasteiger partial charge in [-0.25, -0.2) is 4.39 Å². The highest BCUT2D eigenvalue weighted by atomic mass is 35.5. The molecule has 8 heteroatoms. The molecule has 2 amide bonds. The van der Waals surface area contributed by atoms with Gasteiger partial charge >= 0.3 is 0 Å². The lowest BCUT2D eigenvalue weighted by atomic mass is 9.89. The predicted molar refractivity (Wildman–Crippen MR) is 109 cm³/mol. The van der Waals surface area contributed by atoms with Crippen LogP contribution in [0.3, 0.4) is 0 Å². The maximum atomic E-state index is 14.2. The summed E-state index contributed by atoms with van der Waals surface area (Å²) in [4.78, 5) is 27.2. The number of morpholine rings is 1. The molecule has 1 aliphatic heterocycles. The normalized spacial score (nSPS) is 22.5. The van der Waals surface area contributed by atoms with E-state index in [-0.39, 0.29) is 47.5 Å². The molecule has 158 valence electrons. The lowest BCUT2D eigenvalue weighted by Gasteiger charge is -2.44. The third kappa shape index (κ3) is 4.36. The Morgan fingerprint density at radius 3 is 2.87 bits per heavy atom. The molecule has 1 aromatic heterocycles. The maximum Gasteiger partial charge on any atom is 0.289 e. The molecule has 6 nitrogen and oxygen atoms in total.